The summed E-state index contributed by atoms with van der Waals surface area (Å²) in [5, 5.41) is 10.8. The van der Waals surface area contributed by atoms with Crippen LogP contribution in [0.3, 0.4) is 0 Å². The van der Waals surface area contributed by atoms with Crippen LogP contribution in [0.2, 0.25) is 0 Å². The zero-order valence-corrected chi connectivity index (χ0v) is 19.5. The number of benzene rings is 1. The van der Waals surface area contributed by atoms with E-state index in [0.29, 0.717) is 25.4 Å². The standard InChI is InChI=1S/C23H26N6O2.BrH/c30-23-22-16-21(27-29(22)11-8-26-23)18-4-5-25-20(15-18)17-2-1-3-19(14-17)31-13-12-28-9-6-24-7-10-28;/h1-5,14-16,24H,6-13H2,(H,26,30);1H. The van der Waals surface area contributed by atoms with Crippen LogP contribution < -0.4 is 15.4 Å². The summed E-state index contributed by atoms with van der Waals surface area (Å²) in [4.78, 5) is 19.0. The lowest BCUT2D eigenvalue weighted by atomic mass is 10.1. The maximum Gasteiger partial charge on any atom is 0.269 e. The van der Waals surface area contributed by atoms with Crippen molar-refractivity contribution in [3.8, 4) is 28.3 Å². The Morgan fingerprint density at radius 2 is 1.81 bits per heavy atom. The van der Waals surface area contributed by atoms with E-state index in [9.17, 15) is 4.79 Å². The first-order chi connectivity index (χ1) is 15.3. The molecule has 168 valence electrons. The van der Waals surface area contributed by atoms with Crippen LogP contribution in [0, 0.1) is 0 Å². The maximum atomic E-state index is 12.0. The van der Waals surface area contributed by atoms with Crippen LogP contribution in [0.15, 0.2) is 48.7 Å². The molecule has 0 spiro atoms. The summed E-state index contributed by atoms with van der Waals surface area (Å²) >= 11 is 0. The lowest BCUT2D eigenvalue weighted by molar-refractivity contribution is 0.0924. The summed E-state index contributed by atoms with van der Waals surface area (Å²) in [6.07, 6.45) is 1.78. The number of aromatic nitrogens is 3. The van der Waals surface area contributed by atoms with Gasteiger partial charge >= 0.3 is 0 Å². The van der Waals surface area contributed by atoms with Crippen molar-refractivity contribution >= 4 is 22.9 Å². The zero-order chi connectivity index (χ0) is 21.0. The SMILES string of the molecule is Br.O=C1NCCn2nc(-c3ccnc(-c4cccc(OCCN5CCNCC5)c4)c3)cc21. The van der Waals surface area contributed by atoms with Crippen molar-refractivity contribution in [1.82, 2.24) is 30.3 Å². The number of hydrogen-bond donors (Lipinski definition) is 2. The normalized spacial score (nSPS) is 16.1. The highest BCUT2D eigenvalue weighted by Gasteiger charge is 2.20. The summed E-state index contributed by atoms with van der Waals surface area (Å²) in [5.41, 5.74) is 4.15. The minimum absolute atomic E-state index is 0. The third kappa shape index (κ3) is 5.01. The average molecular weight is 499 g/mol. The number of pyridine rings is 1. The highest BCUT2D eigenvalue weighted by atomic mass is 79.9. The molecule has 32 heavy (non-hydrogen) atoms. The van der Waals surface area contributed by atoms with E-state index in [0.717, 1.165) is 61.0 Å². The molecule has 1 aromatic carbocycles. The number of nitrogens with zero attached hydrogens (tertiary/aromatic N) is 4. The molecule has 2 aromatic heterocycles. The third-order valence-corrected chi connectivity index (χ3v) is 5.69. The number of amides is 1. The number of carbonyl (C=O) groups is 1. The van der Waals surface area contributed by atoms with Crippen molar-refractivity contribution in [2.75, 3.05) is 45.9 Å². The molecule has 1 saturated heterocycles. The quantitative estimate of drug-likeness (QED) is 0.542. The molecule has 0 radical (unpaired) electrons. The van der Waals surface area contributed by atoms with Crippen LogP contribution in [-0.2, 0) is 6.54 Å². The Hall–Kier alpha value is -2.75. The Balaban J connectivity index is 0.00000245. The zero-order valence-electron chi connectivity index (χ0n) is 17.8. The van der Waals surface area contributed by atoms with Crippen LogP contribution in [0.4, 0.5) is 0 Å². The summed E-state index contributed by atoms with van der Waals surface area (Å²) in [5.74, 6) is 0.763. The van der Waals surface area contributed by atoms with Gasteiger partial charge in [-0.3, -0.25) is 19.4 Å². The van der Waals surface area contributed by atoms with E-state index in [2.05, 4.69) is 25.6 Å². The number of nitrogens with one attached hydrogen (secondary N) is 2. The van der Waals surface area contributed by atoms with E-state index in [4.69, 9.17) is 4.74 Å². The molecule has 1 fully saturated rings. The van der Waals surface area contributed by atoms with Crippen LogP contribution in [0.25, 0.3) is 22.5 Å². The topological polar surface area (TPSA) is 84.3 Å². The molecule has 0 aliphatic carbocycles. The van der Waals surface area contributed by atoms with Gasteiger partial charge in [-0.2, -0.15) is 5.10 Å². The van der Waals surface area contributed by atoms with E-state index >= 15 is 0 Å². The first-order valence-electron chi connectivity index (χ1n) is 10.7. The Morgan fingerprint density at radius 1 is 0.969 bits per heavy atom. The van der Waals surface area contributed by atoms with Crippen molar-refractivity contribution in [2.24, 2.45) is 0 Å². The molecule has 0 bridgehead atoms. The molecule has 2 N–H and O–H groups in total. The molecule has 4 heterocycles. The fraction of sp³-hybridized carbons (Fsp3) is 0.348. The lowest BCUT2D eigenvalue weighted by Crippen LogP contribution is -2.44. The fourth-order valence-corrected chi connectivity index (χ4v) is 4.00. The van der Waals surface area contributed by atoms with E-state index in [-0.39, 0.29) is 22.9 Å². The van der Waals surface area contributed by atoms with Gasteiger partial charge in [0.15, 0.2) is 0 Å². The third-order valence-electron chi connectivity index (χ3n) is 5.69. The second-order valence-corrected chi connectivity index (χ2v) is 7.79. The smallest absolute Gasteiger partial charge is 0.269 e. The molecule has 2 aliphatic heterocycles. The molecule has 1 amide bonds. The first-order valence-corrected chi connectivity index (χ1v) is 10.7. The molecule has 9 heteroatoms. The summed E-state index contributed by atoms with van der Waals surface area (Å²) in [6, 6.07) is 13.8. The number of ether oxygens (including phenoxy) is 1. The summed E-state index contributed by atoms with van der Waals surface area (Å²) in [7, 11) is 0. The van der Waals surface area contributed by atoms with Crippen LogP contribution in [0.5, 0.6) is 5.75 Å². The van der Waals surface area contributed by atoms with Crippen molar-refractivity contribution in [2.45, 2.75) is 6.54 Å². The van der Waals surface area contributed by atoms with Crippen LogP contribution in [-0.4, -0.2) is 71.4 Å². The van der Waals surface area contributed by atoms with Gasteiger partial charge < -0.3 is 15.4 Å². The molecule has 0 atom stereocenters. The number of hydrogen-bond acceptors (Lipinski definition) is 6. The minimum Gasteiger partial charge on any atom is -0.492 e. The van der Waals surface area contributed by atoms with Gasteiger partial charge in [0, 0.05) is 56.6 Å². The maximum absolute atomic E-state index is 12.0. The van der Waals surface area contributed by atoms with Gasteiger partial charge in [0.1, 0.15) is 18.1 Å². The molecule has 5 rings (SSSR count). The Labute approximate surface area is 197 Å². The van der Waals surface area contributed by atoms with E-state index in [1.54, 1.807) is 10.9 Å². The van der Waals surface area contributed by atoms with E-state index < -0.39 is 0 Å². The summed E-state index contributed by atoms with van der Waals surface area (Å²) < 4.78 is 7.77. The van der Waals surface area contributed by atoms with Gasteiger partial charge in [0.25, 0.3) is 5.91 Å². The number of rotatable bonds is 6. The average Bonchev–Trinajstić information content (AvgIpc) is 3.26. The van der Waals surface area contributed by atoms with Gasteiger partial charge in [0.05, 0.1) is 17.9 Å². The highest BCUT2D eigenvalue weighted by Crippen LogP contribution is 2.27. The van der Waals surface area contributed by atoms with Gasteiger partial charge in [-0.1, -0.05) is 12.1 Å². The Morgan fingerprint density at radius 3 is 2.66 bits per heavy atom. The van der Waals surface area contributed by atoms with Crippen molar-refractivity contribution < 1.29 is 9.53 Å². The van der Waals surface area contributed by atoms with Gasteiger partial charge in [0.2, 0.25) is 0 Å². The van der Waals surface area contributed by atoms with Crippen molar-refractivity contribution in [1.29, 1.82) is 0 Å². The Bertz CT molecular complexity index is 1080. The molecular formula is C23H27BrN6O2. The molecule has 2 aliphatic rings. The van der Waals surface area contributed by atoms with E-state index in [1.165, 1.54) is 0 Å². The predicted octanol–water partition coefficient (Wildman–Crippen LogP) is 2.22. The summed E-state index contributed by atoms with van der Waals surface area (Å²) in [6.45, 7) is 7.11. The van der Waals surface area contributed by atoms with Crippen LogP contribution in [0.1, 0.15) is 10.5 Å². The molecule has 8 nitrogen and oxygen atoms in total. The molecule has 0 saturated carbocycles. The van der Waals surface area contributed by atoms with Gasteiger partial charge in [-0.05, 0) is 30.3 Å². The minimum atomic E-state index is -0.0788. The number of piperazine rings is 1. The second-order valence-electron chi connectivity index (χ2n) is 7.79. The predicted molar refractivity (Wildman–Crippen MR) is 128 cm³/mol. The highest BCUT2D eigenvalue weighted by molar-refractivity contribution is 8.93. The second kappa shape index (κ2) is 10.2. The van der Waals surface area contributed by atoms with Gasteiger partial charge in [-0.25, -0.2) is 0 Å². The number of halogens is 1. The van der Waals surface area contributed by atoms with Crippen molar-refractivity contribution in [3.05, 3.63) is 54.4 Å². The van der Waals surface area contributed by atoms with Crippen molar-refractivity contribution in [3.63, 3.8) is 0 Å². The van der Waals surface area contributed by atoms with E-state index in [1.807, 2.05) is 42.5 Å². The molecular weight excluding hydrogens is 472 g/mol. The largest absolute Gasteiger partial charge is 0.492 e. The number of fused-ring (bicyclic) bond motifs is 1. The lowest BCUT2D eigenvalue weighted by Gasteiger charge is -2.26. The van der Waals surface area contributed by atoms with Gasteiger partial charge in [-0.15, -0.1) is 17.0 Å². The molecule has 0 unspecified atom stereocenters. The first kappa shape index (κ1) is 22.4. The fourth-order valence-electron chi connectivity index (χ4n) is 4.00. The monoisotopic (exact) mass is 498 g/mol. The number of carbonyl (C=O) groups excluding carboxylic acids is 1. The molecule has 3 aromatic rings. The Kier molecular flexibility index (Phi) is 7.19. The van der Waals surface area contributed by atoms with Crippen LogP contribution >= 0.6 is 17.0 Å².